The molecule has 1 unspecified atom stereocenters. The fourth-order valence-electron chi connectivity index (χ4n) is 1.03. The molecule has 0 aliphatic carbocycles. The van der Waals surface area contributed by atoms with Gasteiger partial charge in [0, 0.05) is 12.6 Å². The number of nitrogens with zero attached hydrogens (tertiary/aromatic N) is 2. The van der Waals surface area contributed by atoms with E-state index in [0.29, 0.717) is 18.2 Å². The van der Waals surface area contributed by atoms with Gasteiger partial charge in [-0.3, -0.25) is 0 Å². The second-order valence-corrected chi connectivity index (χ2v) is 3.91. The lowest BCUT2D eigenvalue weighted by atomic mass is 10.1. The summed E-state index contributed by atoms with van der Waals surface area (Å²) < 4.78 is 13.4. The van der Waals surface area contributed by atoms with Gasteiger partial charge in [-0.15, -0.1) is 0 Å². The molecule has 0 aliphatic heterocycles. The molecule has 0 saturated heterocycles. The molecule has 3 N–H and O–H groups in total. The third kappa shape index (κ3) is 3.13. The molecular formula is C10H17FN4. The van der Waals surface area contributed by atoms with Gasteiger partial charge in [-0.05, 0) is 12.8 Å². The van der Waals surface area contributed by atoms with Crippen LogP contribution in [0.1, 0.15) is 19.5 Å². The summed E-state index contributed by atoms with van der Waals surface area (Å²) in [5.74, 6) is 0.163. The average molecular weight is 212 g/mol. The number of anilines is 1. The molecule has 0 aromatic carbocycles. The lowest BCUT2D eigenvalue weighted by Gasteiger charge is -2.16. The van der Waals surface area contributed by atoms with Crippen LogP contribution in [0.5, 0.6) is 0 Å². The van der Waals surface area contributed by atoms with Gasteiger partial charge in [-0.1, -0.05) is 13.8 Å². The van der Waals surface area contributed by atoms with Crippen molar-refractivity contribution in [3.8, 4) is 0 Å². The smallest absolute Gasteiger partial charge is 0.186 e. The van der Waals surface area contributed by atoms with E-state index >= 15 is 0 Å². The Kier molecular flexibility index (Phi) is 3.96. The highest BCUT2D eigenvalue weighted by Crippen LogP contribution is 2.11. The van der Waals surface area contributed by atoms with Gasteiger partial charge >= 0.3 is 0 Å². The summed E-state index contributed by atoms with van der Waals surface area (Å²) in [5, 5.41) is 2.88. The molecule has 0 radical (unpaired) electrons. The fourth-order valence-corrected chi connectivity index (χ4v) is 1.03. The Bertz CT molecular complexity index is 327. The Balaban J connectivity index is 2.62. The predicted octanol–water partition coefficient (Wildman–Crippen LogP) is 1.32. The van der Waals surface area contributed by atoms with Gasteiger partial charge in [0.25, 0.3) is 0 Å². The van der Waals surface area contributed by atoms with Crippen LogP contribution in [0.4, 0.5) is 10.2 Å². The minimum atomic E-state index is -0.409. The zero-order valence-electron chi connectivity index (χ0n) is 9.29. The molecule has 0 amide bonds. The van der Waals surface area contributed by atoms with Gasteiger partial charge in [0.15, 0.2) is 11.6 Å². The van der Waals surface area contributed by atoms with Crippen LogP contribution in [0.15, 0.2) is 6.33 Å². The van der Waals surface area contributed by atoms with Crippen molar-refractivity contribution in [2.24, 2.45) is 11.7 Å². The molecule has 84 valence electrons. The topological polar surface area (TPSA) is 63.8 Å². The number of aromatic nitrogens is 2. The van der Waals surface area contributed by atoms with E-state index in [2.05, 4.69) is 15.3 Å². The number of halogens is 1. The molecule has 15 heavy (non-hydrogen) atoms. The fraction of sp³-hybridized carbons (Fsp3) is 0.600. The average Bonchev–Trinajstić information content (AvgIpc) is 2.19. The normalized spacial score (nSPS) is 12.9. The monoisotopic (exact) mass is 212 g/mol. The zero-order valence-corrected chi connectivity index (χ0v) is 9.29. The number of rotatable bonds is 4. The van der Waals surface area contributed by atoms with E-state index in [1.165, 1.54) is 6.33 Å². The van der Waals surface area contributed by atoms with E-state index in [-0.39, 0.29) is 11.9 Å². The maximum absolute atomic E-state index is 13.4. The first kappa shape index (κ1) is 11.8. The van der Waals surface area contributed by atoms with Gasteiger partial charge in [-0.2, -0.15) is 0 Å². The highest BCUT2D eigenvalue weighted by molar-refractivity contribution is 5.36. The molecule has 1 aromatic rings. The SMILES string of the molecule is Cc1ncnc(NCC(N)C(C)C)c1F. The molecule has 1 heterocycles. The zero-order chi connectivity index (χ0) is 11.4. The first-order chi connectivity index (χ1) is 7.02. The second kappa shape index (κ2) is 5.02. The van der Waals surface area contributed by atoms with E-state index in [9.17, 15) is 4.39 Å². The Morgan fingerprint density at radius 2 is 2.13 bits per heavy atom. The Morgan fingerprint density at radius 3 is 2.73 bits per heavy atom. The lowest BCUT2D eigenvalue weighted by Crippen LogP contribution is -2.34. The molecule has 1 atom stereocenters. The van der Waals surface area contributed by atoms with E-state index in [1.54, 1.807) is 6.92 Å². The van der Waals surface area contributed by atoms with Crippen LogP contribution in [0.25, 0.3) is 0 Å². The van der Waals surface area contributed by atoms with Crippen molar-refractivity contribution in [1.82, 2.24) is 9.97 Å². The Morgan fingerprint density at radius 1 is 1.47 bits per heavy atom. The van der Waals surface area contributed by atoms with Gasteiger partial charge < -0.3 is 11.1 Å². The first-order valence-electron chi connectivity index (χ1n) is 4.99. The van der Waals surface area contributed by atoms with Crippen LogP contribution in [-0.4, -0.2) is 22.6 Å². The molecule has 0 spiro atoms. The maximum Gasteiger partial charge on any atom is 0.186 e. The van der Waals surface area contributed by atoms with Crippen molar-refractivity contribution in [2.45, 2.75) is 26.8 Å². The van der Waals surface area contributed by atoms with Crippen molar-refractivity contribution in [3.63, 3.8) is 0 Å². The standard InChI is InChI=1S/C10H17FN4/c1-6(2)8(12)4-13-10-9(11)7(3)14-5-15-10/h5-6,8H,4,12H2,1-3H3,(H,13,14,15). The Hall–Kier alpha value is -1.23. The van der Waals surface area contributed by atoms with Crippen LogP contribution in [0.2, 0.25) is 0 Å². The number of hydrogen-bond donors (Lipinski definition) is 2. The van der Waals surface area contributed by atoms with Crippen molar-refractivity contribution >= 4 is 5.82 Å². The summed E-state index contributed by atoms with van der Waals surface area (Å²) in [6.45, 7) is 6.15. The lowest BCUT2D eigenvalue weighted by molar-refractivity contribution is 0.508. The molecule has 0 aliphatic rings. The van der Waals surface area contributed by atoms with E-state index in [4.69, 9.17) is 5.73 Å². The minimum Gasteiger partial charge on any atom is -0.366 e. The molecule has 0 bridgehead atoms. The van der Waals surface area contributed by atoms with E-state index in [1.807, 2.05) is 13.8 Å². The summed E-state index contributed by atoms with van der Waals surface area (Å²) in [6, 6.07) is -0.0142. The molecule has 1 rings (SSSR count). The maximum atomic E-state index is 13.4. The van der Waals surface area contributed by atoms with E-state index in [0.717, 1.165) is 0 Å². The van der Waals surface area contributed by atoms with Crippen molar-refractivity contribution in [2.75, 3.05) is 11.9 Å². The first-order valence-corrected chi connectivity index (χ1v) is 4.99. The van der Waals surface area contributed by atoms with Crippen LogP contribution < -0.4 is 11.1 Å². The molecule has 4 nitrogen and oxygen atoms in total. The highest BCUT2D eigenvalue weighted by Gasteiger charge is 2.10. The van der Waals surface area contributed by atoms with Gasteiger partial charge in [0.05, 0.1) is 5.69 Å². The van der Waals surface area contributed by atoms with Crippen LogP contribution in [0.3, 0.4) is 0 Å². The quantitative estimate of drug-likeness (QED) is 0.790. The highest BCUT2D eigenvalue weighted by atomic mass is 19.1. The van der Waals surface area contributed by atoms with Crippen LogP contribution >= 0.6 is 0 Å². The molecule has 0 saturated carbocycles. The molecular weight excluding hydrogens is 195 g/mol. The van der Waals surface area contributed by atoms with Gasteiger partial charge in [-0.25, -0.2) is 14.4 Å². The molecule has 1 aromatic heterocycles. The summed E-state index contributed by atoms with van der Waals surface area (Å²) >= 11 is 0. The largest absolute Gasteiger partial charge is 0.366 e. The second-order valence-electron chi connectivity index (χ2n) is 3.91. The Labute approximate surface area is 89.1 Å². The third-order valence-electron chi connectivity index (χ3n) is 2.33. The summed E-state index contributed by atoms with van der Waals surface area (Å²) in [7, 11) is 0. The third-order valence-corrected chi connectivity index (χ3v) is 2.33. The minimum absolute atomic E-state index is 0.0142. The molecule has 0 fully saturated rings. The van der Waals surface area contributed by atoms with Gasteiger partial charge in [0.2, 0.25) is 0 Å². The van der Waals surface area contributed by atoms with Crippen molar-refractivity contribution in [1.29, 1.82) is 0 Å². The number of hydrogen-bond acceptors (Lipinski definition) is 4. The molecule has 5 heteroatoms. The van der Waals surface area contributed by atoms with Gasteiger partial charge in [0.1, 0.15) is 6.33 Å². The van der Waals surface area contributed by atoms with Crippen LogP contribution in [0, 0.1) is 18.7 Å². The predicted molar refractivity (Wildman–Crippen MR) is 58.0 cm³/mol. The number of aryl methyl sites for hydroxylation is 1. The summed E-state index contributed by atoms with van der Waals surface area (Å²) in [5.41, 5.74) is 6.16. The van der Waals surface area contributed by atoms with Crippen molar-refractivity contribution < 1.29 is 4.39 Å². The van der Waals surface area contributed by atoms with Crippen LogP contribution in [-0.2, 0) is 0 Å². The summed E-state index contributed by atoms with van der Waals surface area (Å²) in [6.07, 6.45) is 1.33. The van der Waals surface area contributed by atoms with E-state index < -0.39 is 5.82 Å². The number of nitrogens with one attached hydrogen (secondary N) is 1. The number of nitrogens with two attached hydrogens (primary N) is 1. The summed E-state index contributed by atoms with van der Waals surface area (Å²) in [4.78, 5) is 7.56. The van der Waals surface area contributed by atoms with Crippen molar-refractivity contribution in [3.05, 3.63) is 17.8 Å².